The molecule has 168 valence electrons. The smallest absolute Gasteiger partial charge is 0.332 e. The summed E-state index contributed by atoms with van der Waals surface area (Å²) in [6.45, 7) is 3.72. The van der Waals surface area contributed by atoms with Crippen LogP contribution >= 0.6 is 23.1 Å². The van der Waals surface area contributed by atoms with Gasteiger partial charge in [0.15, 0.2) is 15.5 Å². The van der Waals surface area contributed by atoms with Crippen molar-refractivity contribution in [1.29, 1.82) is 0 Å². The van der Waals surface area contributed by atoms with Crippen LogP contribution in [0.2, 0.25) is 0 Å². The van der Waals surface area contributed by atoms with Crippen LogP contribution in [0.5, 0.6) is 0 Å². The molecular weight excluding hydrogens is 444 g/mol. The number of thiazole rings is 1. The number of aryl methyl sites for hydroxylation is 2. The van der Waals surface area contributed by atoms with Crippen molar-refractivity contribution >= 4 is 50.4 Å². The minimum absolute atomic E-state index is 0.295. The van der Waals surface area contributed by atoms with E-state index in [9.17, 15) is 9.59 Å². The molecule has 0 aliphatic carbocycles. The van der Waals surface area contributed by atoms with E-state index in [2.05, 4.69) is 17.9 Å². The highest BCUT2D eigenvalue weighted by Gasteiger charge is 2.27. The lowest BCUT2D eigenvalue weighted by atomic mass is 10.0. The van der Waals surface area contributed by atoms with E-state index in [0.29, 0.717) is 23.8 Å². The van der Waals surface area contributed by atoms with Crippen LogP contribution in [0.4, 0.5) is 5.95 Å². The topological polar surface area (TPSA) is 78.0 Å². The molecule has 1 fully saturated rings. The van der Waals surface area contributed by atoms with Crippen LogP contribution in [-0.2, 0) is 20.6 Å². The maximum Gasteiger partial charge on any atom is 0.332 e. The first-order chi connectivity index (χ1) is 15.5. The molecule has 0 radical (unpaired) electrons. The zero-order valence-corrected chi connectivity index (χ0v) is 20.1. The number of rotatable bonds is 5. The van der Waals surface area contributed by atoms with Crippen LogP contribution in [0.3, 0.4) is 0 Å². The summed E-state index contributed by atoms with van der Waals surface area (Å²) < 4.78 is 6.86. The van der Waals surface area contributed by atoms with E-state index in [-0.39, 0.29) is 11.2 Å². The highest BCUT2D eigenvalue weighted by molar-refractivity contribution is 8.01. The van der Waals surface area contributed by atoms with Crippen molar-refractivity contribution in [3.8, 4) is 0 Å². The number of para-hydroxylation sites is 1. The van der Waals surface area contributed by atoms with Gasteiger partial charge in [-0.1, -0.05) is 23.9 Å². The largest absolute Gasteiger partial charge is 0.339 e. The molecule has 1 aliphatic heterocycles. The molecule has 3 aromatic heterocycles. The predicted octanol–water partition coefficient (Wildman–Crippen LogP) is 3.21. The number of hydrogen-bond donors (Lipinski definition) is 0. The number of hydrogen-bond acceptors (Lipinski definition) is 7. The molecule has 1 atom stereocenters. The number of aromatic nitrogens is 5. The minimum atomic E-state index is -0.353. The second kappa shape index (κ2) is 8.40. The van der Waals surface area contributed by atoms with Gasteiger partial charge in [-0.25, -0.2) is 9.78 Å². The first-order valence-corrected chi connectivity index (χ1v) is 12.7. The van der Waals surface area contributed by atoms with Crippen molar-refractivity contribution in [3.05, 3.63) is 45.1 Å². The fraction of sp³-hybridized carbons (Fsp3) is 0.455. The lowest BCUT2D eigenvalue weighted by Crippen LogP contribution is -2.39. The van der Waals surface area contributed by atoms with Crippen molar-refractivity contribution in [2.75, 3.05) is 17.2 Å². The summed E-state index contributed by atoms with van der Waals surface area (Å²) in [4.78, 5) is 37.4. The Morgan fingerprint density at radius 1 is 1.12 bits per heavy atom. The van der Waals surface area contributed by atoms with Gasteiger partial charge in [0.1, 0.15) is 0 Å². The lowest BCUT2D eigenvalue weighted by Gasteiger charge is -2.34. The lowest BCUT2D eigenvalue weighted by molar-refractivity contribution is 0.471. The molecule has 0 unspecified atom stereocenters. The molecule has 0 spiro atoms. The molecule has 1 aromatic carbocycles. The molecule has 1 aliphatic rings. The maximum absolute atomic E-state index is 13.1. The second-order valence-corrected chi connectivity index (χ2v) is 10.6. The van der Waals surface area contributed by atoms with Gasteiger partial charge in [-0.3, -0.25) is 13.9 Å². The molecule has 5 rings (SSSR count). The third kappa shape index (κ3) is 3.55. The summed E-state index contributed by atoms with van der Waals surface area (Å²) in [5.74, 6) is 1.54. The first kappa shape index (κ1) is 21.3. The Morgan fingerprint density at radius 3 is 2.72 bits per heavy atom. The van der Waals surface area contributed by atoms with E-state index in [0.717, 1.165) is 40.9 Å². The molecule has 0 saturated carbocycles. The highest BCUT2D eigenvalue weighted by Crippen LogP contribution is 2.31. The molecule has 1 saturated heterocycles. The SMILES string of the molecule is C[C@@H]1CCCCN1c1nc2c(c(=O)n(C)c(=O)n2C)n1CCSc1nc2ccccc2s1. The van der Waals surface area contributed by atoms with Crippen molar-refractivity contribution in [2.45, 2.75) is 43.1 Å². The van der Waals surface area contributed by atoms with Gasteiger partial charge in [0, 0.05) is 39.0 Å². The van der Waals surface area contributed by atoms with Gasteiger partial charge in [0.2, 0.25) is 5.95 Å². The van der Waals surface area contributed by atoms with Gasteiger partial charge in [0.25, 0.3) is 5.56 Å². The van der Waals surface area contributed by atoms with E-state index >= 15 is 0 Å². The molecule has 4 aromatic rings. The van der Waals surface area contributed by atoms with Crippen LogP contribution in [0.25, 0.3) is 21.4 Å². The minimum Gasteiger partial charge on any atom is -0.339 e. The summed E-state index contributed by atoms with van der Waals surface area (Å²) in [6, 6.07) is 8.48. The van der Waals surface area contributed by atoms with E-state index in [1.54, 1.807) is 30.1 Å². The standard InChI is InChI=1S/C22H26N6O2S2/c1-14-8-6-7-11-27(14)20-24-18-17(19(29)26(3)22(30)25(18)2)28(20)12-13-31-21-23-15-9-4-5-10-16(15)32-21/h4-5,9-10,14H,6-8,11-13H2,1-3H3/t14-/m1/s1. The quantitative estimate of drug-likeness (QED) is 0.417. The van der Waals surface area contributed by atoms with Crippen LogP contribution in [0.1, 0.15) is 26.2 Å². The third-order valence-electron chi connectivity index (χ3n) is 6.20. The van der Waals surface area contributed by atoms with Crippen molar-refractivity contribution in [2.24, 2.45) is 14.1 Å². The van der Waals surface area contributed by atoms with Gasteiger partial charge >= 0.3 is 5.69 Å². The summed E-state index contributed by atoms with van der Waals surface area (Å²) in [6.07, 6.45) is 3.40. The first-order valence-electron chi connectivity index (χ1n) is 10.9. The van der Waals surface area contributed by atoms with Crippen molar-refractivity contribution in [1.82, 2.24) is 23.7 Å². The number of piperidine rings is 1. The number of thioether (sulfide) groups is 1. The Balaban J connectivity index is 1.54. The average molecular weight is 471 g/mol. The number of fused-ring (bicyclic) bond motifs is 2. The molecular formula is C22H26N6O2S2. The molecule has 0 bridgehead atoms. The maximum atomic E-state index is 13.1. The number of benzene rings is 1. The average Bonchev–Trinajstić information content (AvgIpc) is 3.38. The Bertz CT molecular complexity index is 1380. The Hall–Kier alpha value is -2.59. The Labute approximate surface area is 193 Å². The van der Waals surface area contributed by atoms with Crippen LogP contribution in [0.15, 0.2) is 38.2 Å². The van der Waals surface area contributed by atoms with Crippen molar-refractivity contribution < 1.29 is 0 Å². The molecule has 8 nitrogen and oxygen atoms in total. The normalized spacial score (nSPS) is 17.0. The summed E-state index contributed by atoms with van der Waals surface area (Å²) in [5, 5.41) is 0. The molecule has 4 heterocycles. The van der Waals surface area contributed by atoms with E-state index in [1.807, 2.05) is 22.8 Å². The monoisotopic (exact) mass is 470 g/mol. The Kier molecular flexibility index (Phi) is 5.58. The van der Waals surface area contributed by atoms with Crippen molar-refractivity contribution in [3.63, 3.8) is 0 Å². The van der Waals surface area contributed by atoms with Gasteiger partial charge in [-0.05, 0) is 38.3 Å². The molecule has 32 heavy (non-hydrogen) atoms. The van der Waals surface area contributed by atoms with Gasteiger partial charge < -0.3 is 9.47 Å². The molecule has 0 N–H and O–H groups in total. The Morgan fingerprint density at radius 2 is 1.94 bits per heavy atom. The zero-order valence-electron chi connectivity index (χ0n) is 18.4. The fourth-order valence-electron chi connectivity index (χ4n) is 4.40. The third-order valence-corrected chi connectivity index (χ3v) is 8.36. The zero-order chi connectivity index (χ0) is 22.4. The number of nitrogens with zero attached hydrogens (tertiary/aromatic N) is 6. The van der Waals surface area contributed by atoms with E-state index in [1.165, 1.54) is 27.3 Å². The van der Waals surface area contributed by atoms with Crippen LogP contribution < -0.4 is 16.1 Å². The molecule has 10 heteroatoms. The van der Waals surface area contributed by atoms with Gasteiger partial charge in [-0.2, -0.15) is 4.98 Å². The van der Waals surface area contributed by atoms with E-state index < -0.39 is 0 Å². The summed E-state index contributed by atoms with van der Waals surface area (Å²) in [5.41, 5.74) is 1.31. The highest BCUT2D eigenvalue weighted by atomic mass is 32.2. The van der Waals surface area contributed by atoms with Gasteiger partial charge in [-0.15, -0.1) is 11.3 Å². The molecule has 0 amide bonds. The van der Waals surface area contributed by atoms with Crippen LogP contribution in [-0.4, -0.2) is 42.0 Å². The summed E-state index contributed by atoms with van der Waals surface area (Å²) >= 11 is 3.38. The summed E-state index contributed by atoms with van der Waals surface area (Å²) in [7, 11) is 3.21. The van der Waals surface area contributed by atoms with Gasteiger partial charge in [0.05, 0.1) is 10.2 Å². The number of anilines is 1. The predicted molar refractivity (Wildman–Crippen MR) is 131 cm³/mol. The van der Waals surface area contributed by atoms with E-state index in [4.69, 9.17) is 9.97 Å². The second-order valence-electron chi connectivity index (χ2n) is 8.28. The number of imidazole rings is 1. The fourth-order valence-corrected chi connectivity index (χ4v) is 6.46. The van der Waals surface area contributed by atoms with Crippen LogP contribution in [0, 0.1) is 0 Å².